The van der Waals surface area contributed by atoms with Crippen LogP contribution in [0.25, 0.3) is 55.7 Å². The number of halogens is 1. The van der Waals surface area contributed by atoms with Crippen molar-refractivity contribution in [3.8, 4) is 33.6 Å². The summed E-state index contributed by atoms with van der Waals surface area (Å²) in [5.41, 5.74) is 9.99. The molecule has 0 atom stereocenters. The summed E-state index contributed by atoms with van der Waals surface area (Å²) < 4.78 is 43.1. The van der Waals surface area contributed by atoms with Gasteiger partial charge in [-0.05, 0) is 73.8 Å². The van der Waals surface area contributed by atoms with E-state index < -0.39 is 20.1 Å². The Morgan fingerprint density at radius 3 is 2.28 bits per heavy atom. The van der Waals surface area contributed by atoms with Gasteiger partial charge >= 0.3 is 104 Å². The van der Waals surface area contributed by atoms with Crippen LogP contribution in [0.1, 0.15) is 26.5 Å². The van der Waals surface area contributed by atoms with Crippen LogP contribution >= 0.6 is 0 Å². The summed E-state index contributed by atoms with van der Waals surface area (Å²) in [5, 5.41) is 1.62. The Hall–Kier alpha value is -3.97. The molecular weight excluding hydrogens is 822 g/mol. The van der Waals surface area contributed by atoms with Crippen LogP contribution in [-0.4, -0.2) is 28.2 Å². The van der Waals surface area contributed by atoms with E-state index in [1.807, 2.05) is 36.5 Å². The first-order valence-corrected chi connectivity index (χ1v) is 22.5. The topological polar surface area (TPSA) is 51.8 Å². The number of hydrogen-bond acceptors (Lipinski definition) is 4. The number of hydrogen-bond donors (Lipinski definition) is 0. The van der Waals surface area contributed by atoms with Crippen molar-refractivity contribution in [2.75, 3.05) is 0 Å². The normalized spacial score (nSPS) is 12.4. The number of furan rings is 1. The van der Waals surface area contributed by atoms with Gasteiger partial charge in [0.15, 0.2) is 0 Å². The molecule has 0 aliphatic heterocycles. The third-order valence-electron chi connectivity index (χ3n) is 7.96. The molecule has 0 fully saturated rings. The van der Waals surface area contributed by atoms with Crippen molar-refractivity contribution in [2.45, 2.75) is 44.9 Å². The number of nitrogens with zero attached hydrogens (tertiary/aromatic N) is 3. The van der Waals surface area contributed by atoms with Crippen molar-refractivity contribution in [1.82, 2.24) is 15.0 Å². The number of rotatable bonds is 4. The maximum atomic E-state index is 12.8. The minimum absolute atomic E-state index is 0. The summed E-state index contributed by atoms with van der Waals surface area (Å²) in [6.07, 6.45) is 3.75. The molecule has 0 saturated carbocycles. The second-order valence-electron chi connectivity index (χ2n) is 12.6. The fourth-order valence-corrected chi connectivity index (χ4v) is 7.90. The molecule has 0 amide bonds. The van der Waals surface area contributed by atoms with Crippen molar-refractivity contribution in [1.29, 1.82) is 0 Å². The van der Waals surface area contributed by atoms with Gasteiger partial charge in [0.1, 0.15) is 0 Å². The zero-order chi connectivity index (χ0) is 35.1. The fourth-order valence-electron chi connectivity index (χ4n) is 5.73. The Bertz CT molecular complexity index is 2280. The molecule has 0 N–H and O–H groups in total. The maximum Gasteiger partial charge on any atom is 0 e. The molecule has 1 radical (unpaired) electrons. The summed E-state index contributed by atoms with van der Waals surface area (Å²) in [4.78, 5) is 13.3. The van der Waals surface area contributed by atoms with E-state index in [2.05, 4.69) is 83.3 Å². The number of pyridine rings is 3. The van der Waals surface area contributed by atoms with E-state index in [4.69, 9.17) is 8.53 Å². The van der Waals surface area contributed by atoms with E-state index in [0.29, 0.717) is 11.3 Å². The van der Waals surface area contributed by atoms with Gasteiger partial charge in [-0.15, -0.1) is 18.2 Å². The van der Waals surface area contributed by atoms with Gasteiger partial charge in [0.25, 0.3) is 0 Å². The third kappa shape index (κ3) is 7.46. The number of fused-ring (bicyclic) bond motifs is 3. The molecule has 7 rings (SSSR count). The molecule has 0 spiro atoms. The van der Waals surface area contributed by atoms with E-state index in [9.17, 15) is 4.39 Å². The summed E-state index contributed by atoms with van der Waals surface area (Å²) >= 11 is -1.79. The molecule has 4 heterocycles. The van der Waals surface area contributed by atoms with Crippen LogP contribution in [0.4, 0.5) is 4.39 Å². The molecule has 47 heavy (non-hydrogen) atoms. The molecule has 3 aromatic carbocycles. The minimum atomic E-state index is -2.29. The average molecular weight is 862 g/mol. The van der Waals surface area contributed by atoms with Crippen LogP contribution in [0.3, 0.4) is 0 Å². The Kier molecular flexibility index (Phi) is 9.06. The van der Waals surface area contributed by atoms with Crippen molar-refractivity contribution < 1.29 is 33.0 Å². The largest absolute Gasteiger partial charge is 0 e. The van der Waals surface area contributed by atoms with Gasteiger partial charge in [-0.25, -0.2) is 4.98 Å². The predicted octanol–water partition coefficient (Wildman–Crippen LogP) is 9.97. The van der Waals surface area contributed by atoms with Crippen LogP contribution in [0.15, 0.2) is 95.7 Å². The number of aromatic nitrogens is 3. The molecule has 7 aromatic rings. The smallest absolute Gasteiger partial charge is 0 e. The second-order valence-corrected chi connectivity index (χ2v) is 23.2. The zero-order valence-corrected chi connectivity index (χ0v) is 31.6. The first kappa shape index (κ1) is 30.4. The third-order valence-corrected chi connectivity index (χ3v) is 12.2. The van der Waals surface area contributed by atoms with E-state index in [1.54, 1.807) is 18.3 Å². The van der Waals surface area contributed by atoms with Crippen LogP contribution in [-0.2, 0) is 20.1 Å². The minimum Gasteiger partial charge on any atom is 0 e. The molecular formula is C40H36FGeIrN3O-2. The fraction of sp³-hybridized carbons (Fsp3) is 0.175. The van der Waals surface area contributed by atoms with Gasteiger partial charge in [-0.2, -0.15) is 0 Å². The summed E-state index contributed by atoms with van der Waals surface area (Å²) in [5.74, 6) is 6.73. The van der Waals surface area contributed by atoms with Crippen LogP contribution < -0.4 is 4.40 Å². The first-order chi connectivity index (χ1) is 23.2. The van der Waals surface area contributed by atoms with E-state index in [1.165, 1.54) is 44.8 Å². The molecule has 0 bridgehead atoms. The van der Waals surface area contributed by atoms with Crippen molar-refractivity contribution in [3.05, 3.63) is 132 Å². The van der Waals surface area contributed by atoms with Gasteiger partial charge in [0.2, 0.25) is 5.71 Å². The van der Waals surface area contributed by atoms with Crippen LogP contribution in [0.5, 0.6) is 0 Å². The van der Waals surface area contributed by atoms with Crippen molar-refractivity contribution >= 4 is 39.7 Å². The molecule has 4 aromatic heterocycles. The van der Waals surface area contributed by atoms with Crippen molar-refractivity contribution in [2.24, 2.45) is 0 Å². The summed E-state index contributed by atoms with van der Waals surface area (Å²) in [6, 6.07) is 30.2. The zero-order valence-electron chi connectivity index (χ0n) is 30.1. The maximum absolute atomic E-state index is 12.8. The summed E-state index contributed by atoms with van der Waals surface area (Å²) in [6.45, 7) is 4.05. The van der Waals surface area contributed by atoms with Gasteiger partial charge in [0.05, 0.1) is 5.58 Å². The first-order valence-electron chi connectivity index (χ1n) is 16.6. The Labute approximate surface area is 296 Å². The number of benzene rings is 3. The molecule has 239 valence electrons. The van der Waals surface area contributed by atoms with E-state index >= 15 is 0 Å². The van der Waals surface area contributed by atoms with Gasteiger partial charge < -0.3 is 9.40 Å². The van der Waals surface area contributed by atoms with Gasteiger partial charge in [-0.1, -0.05) is 34.7 Å². The van der Waals surface area contributed by atoms with Crippen LogP contribution in [0, 0.1) is 45.6 Å². The summed E-state index contributed by atoms with van der Waals surface area (Å²) in [7, 11) is 0. The Balaban J connectivity index is 0.000000229. The molecule has 4 nitrogen and oxygen atoms in total. The molecule has 0 saturated heterocycles. The average Bonchev–Trinajstić information content (AvgIpc) is 3.43. The standard InChI is InChI=1S/C26H21N2O.C14H15FGeN.Ir/c1-15-12-16(2)24(17(3)13-15)19-10-11-27-23(14-19)22-7-5-6-20-21-9-8-18(4)28-26(21)29-25(20)22;1-16(2,3)13-8-9-14(17-10-13)11-4-6-12(15)7-5-11;/h5-6,8-14H,1-4H3;4,6-10H,1-3H3;/q2*-1;/i4D3;;. The Morgan fingerprint density at radius 2 is 1.62 bits per heavy atom. The predicted molar refractivity (Wildman–Crippen MR) is 189 cm³/mol. The Morgan fingerprint density at radius 1 is 0.830 bits per heavy atom. The molecule has 0 aliphatic carbocycles. The van der Waals surface area contributed by atoms with E-state index in [0.717, 1.165) is 38.9 Å². The molecule has 0 unspecified atom stereocenters. The second kappa shape index (κ2) is 14.0. The quantitative estimate of drug-likeness (QED) is 0.131. The number of aryl methyl sites for hydroxylation is 4. The van der Waals surface area contributed by atoms with E-state index in [-0.39, 0.29) is 31.6 Å². The van der Waals surface area contributed by atoms with Gasteiger partial charge in [-0.3, -0.25) is 0 Å². The molecule has 0 aliphatic rings. The van der Waals surface area contributed by atoms with Crippen molar-refractivity contribution in [3.63, 3.8) is 0 Å². The SMILES string of the molecule is [2H]C([2H])([2H])c1ccc2c(n1)oc1c(-c3cc(-c4c(C)cc(C)cc4C)ccn3)[c-]ccc12.[CH3][Ge]([CH3])([CH3])[c]1ccc(-c2[c-]cc(F)cc2)nc1.[Ir]. The van der Waals surface area contributed by atoms with Gasteiger partial charge in [0, 0.05) is 41.5 Å². The van der Waals surface area contributed by atoms with Crippen LogP contribution in [0.2, 0.25) is 17.3 Å². The molecule has 7 heteroatoms. The monoisotopic (exact) mass is 863 g/mol.